The summed E-state index contributed by atoms with van der Waals surface area (Å²) in [5.74, 6) is -0.309. The van der Waals surface area contributed by atoms with Crippen LogP contribution in [0.1, 0.15) is 11.4 Å². The van der Waals surface area contributed by atoms with Gasteiger partial charge in [0.25, 0.3) is 5.91 Å². The molecule has 1 amide bonds. The second-order valence-corrected chi connectivity index (χ2v) is 6.62. The lowest BCUT2D eigenvalue weighted by atomic mass is 10.2. The molecule has 1 aromatic heterocycles. The molecule has 0 aliphatic heterocycles. The lowest BCUT2D eigenvalue weighted by Gasteiger charge is -2.13. The molecule has 0 aliphatic rings. The predicted octanol–water partition coefficient (Wildman–Crippen LogP) is 4.41. The highest BCUT2D eigenvalue weighted by Crippen LogP contribution is 2.26. The van der Waals surface area contributed by atoms with E-state index in [4.69, 9.17) is 4.74 Å². The van der Waals surface area contributed by atoms with Crippen LogP contribution in [-0.4, -0.2) is 22.3 Å². The van der Waals surface area contributed by atoms with Crippen molar-refractivity contribution in [3.8, 4) is 11.4 Å². The van der Waals surface area contributed by atoms with Crippen LogP contribution in [0.3, 0.4) is 0 Å². The number of ether oxygens (including phenoxy) is 1. The minimum atomic E-state index is -0.382. The highest BCUT2D eigenvalue weighted by Gasteiger charge is 2.12. The molecule has 0 radical (unpaired) electrons. The van der Waals surface area contributed by atoms with E-state index in [0.717, 1.165) is 17.1 Å². The van der Waals surface area contributed by atoms with Crippen molar-refractivity contribution in [3.63, 3.8) is 0 Å². The van der Waals surface area contributed by atoms with E-state index in [1.54, 1.807) is 10.7 Å². The van der Waals surface area contributed by atoms with Crippen LogP contribution >= 0.6 is 15.9 Å². The number of halogens is 2. The Morgan fingerprint density at radius 2 is 2.00 bits per heavy atom. The number of carbonyl (C=O) groups excluding carboxylic acids is 1. The van der Waals surface area contributed by atoms with Crippen LogP contribution in [0.4, 0.5) is 10.1 Å². The average molecular weight is 418 g/mol. The molecule has 0 spiro atoms. The van der Waals surface area contributed by atoms with Crippen LogP contribution in [0, 0.1) is 19.7 Å². The monoisotopic (exact) mass is 417 g/mol. The van der Waals surface area contributed by atoms with Gasteiger partial charge in [0, 0.05) is 5.69 Å². The molecule has 0 saturated heterocycles. The summed E-state index contributed by atoms with van der Waals surface area (Å²) in [6, 6.07) is 13.4. The fraction of sp³-hybridized carbons (Fsp3) is 0.158. The number of aryl methyl sites for hydroxylation is 2. The molecule has 0 bridgehead atoms. The number of para-hydroxylation sites is 2. The molecule has 7 heteroatoms. The first-order chi connectivity index (χ1) is 12.4. The zero-order valence-corrected chi connectivity index (χ0v) is 15.9. The molecule has 2 aromatic carbocycles. The highest BCUT2D eigenvalue weighted by atomic mass is 79.9. The summed E-state index contributed by atoms with van der Waals surface area (Å²) in [6.07, 6.45) is 0. The molecule has 5 nitrogen and oxygen atoms in total. The van der Waals surface area contributed by atoms with Crippen molar-refractivity contribution in [2.45, 2.75) is 13.8 Å². The van der Waals surface area contributed by atoms with Crippen molar-refractivity contribution >= 4 is 27.5 Å². The Hall–Kier alpha value is -2.67. The third-order valence-electron chi connectivity index (χ3n) is 3.67. The van der Waals surface area contributed by atoms with Crippen LogP contribution in [0.15, 0.2) is 53.0 Å². The van der Waals surface area contributed by atoms with Crippen LogP contribution < -0.4 is 10.1 Å². The van der Waals surface area contributed by atoms with E-state index in [2.05, 4.69) is 26.3 Å². The molecule has 3 aromatic rings. The van der Waals surface area contributed by atoms with Gasteiger partial charge in [-0.05, 0) is 66.2 Å². The van der Waals surface area contributed by atoms with E-state index in [9.17, 15) is 9.18 Å². The van der Waals surface area contributed by atoms with Gasteiger partial charge < -0.3 is 10.1 Å². The van der Waals surface area contributed by atoms with Gasteiger partial charge >= 0.3 is 0 Å². The summed E-state index contributed by atoms with van der Waals surface area (Å²) in [5.41, 5.74) is 3.27. The Balaban J connectivity index is 1.73. The topological polar surface area (TPSA) is 56.2 Å². The Bertz CT molecular complexity index is 956. The van der Waals surface area contributed by atoms with Gasteiger partial charge in [-0.1, -0.05) is 12.1 Å². The molecular weight excluding hydrogens is 401 g/mol. The molecule has 0 saturated carbocycles. The number of aromatic nitrogens is 2. The summed E-state index contributed by atoms with van der Waals surface area (Å²) in [6.45, 7) is 3.67. The van der Waals surface area contributed by atoms with Crippen molar-refractivity contribution in [2.75, 3.05) is 11.9 Å². The maximum atomic E-state index is 13.1. The van der Waals surface area contributed by atoms with E-state index in [1.807, 2.05) is 38.1 Å². The minimum Gasteiger partial charge on any atom is -0.483 e. The first-order valence-electron chi connectivity index (χ1n) is 7.94. The normalized spacial score (nSPS) is 10.6. The largest absolute Gasteiger partial charge is 0.483 e. The van der Waals surface area contributed by atoms with Crippen molar-refractivity contribution in [3.05, 3.63) is 70.2 Å². The first kappa shape index (κ1) is 18.1. The Morgan fingerprint density at radius 3 is 2.69 bits per heavy atom. The quantitative estimate of drug-likeness (QED) is 0.668. The molecule has 0 fully saturated rings. The summed E-state index contributed by atoms with van der Waals surface area (Å²) in [7, 11) is 0. The third-order valence-corrected chi connectivity index (χ3v) is 4.29. The van der Waals surface area contributed by atoms with Crippen LogP contribution in [0.5, 0.6) is 5.75 Å². The van der Waals surface area contributed by atoms with E-state index in [1.165, 1.54) is 18.2 Å². The maximum absolute atomic E-state index is 13.1. The van der Waals surface area contributed by atoms with Gasteiger partial charge in [-0.25, -0.2) is 9.07 Å². The molecule has 1 heterocycles. The van der Waals surface area contributed by atoms with E-state index < -0.39 is 0 Å². The van der Waals surface area contributed by atoms with Gasteiger partial charge in [-0.15, -0.1) is 0 Å². The van der Waals surface area contributed by atoms with Gasteiger partial charge in [0.15, 0.2) is 6.61 Å². The van der Waals surface area contributed by atoms with Crippen molar-refractivity contribution in [1.82, 2.24) is 9.78 Å². The number of benzene rings is 2. The molecule has 0 atom stereocenters. The first-order valence-corrected chi connectivity index (χ1v) is 8.73. The Kier molecular flexibility index (Phi) is 5.37. The van der Waals surface area contributed by atoms with E-state index in [0.29, 0.717) is 15.9 Å². The molecule has 3 rings (SSSR count). The average Bonchev–Trinajstić information content (AvgIpc) is 2.93. The lowest BCUT2D eigenvalue weighted by Crippen LogP contribution is -2.21. The van der Waals surface area contributed by atoms with Crippen LogP contribution in [-0.2, 0) is 4.79 Å². The molecule has 134 valence electrons. The number of rotatable bonds is 5. The predicted molar refractivity (Wildman–Crippen MR) is 101 cm³/mol. The molecule has 1 N–H and O–H groups in total. The molecular formula is C19H17BrFN3O2. The zero-order valence-electron chi connectivity index (χ0n) is 14.3. The zero-order chi connectivity index (χ0) is 18.7. The number of hydrogen-bond donors (Lipinski definition) is 1. The molecule has 0 unspecified atom stereocenters. The van der Waals surface area contributed by atoms with Gasteiger partial charge in [0.05, 0.1) is 21.5 Å². The smallest absolute Gasteiger partial charge is 0.262 e. The van der Waals surface area contributed by atoms with Gasteiger partial charge in [-0.2, -0.15) is 5.10 Å². The number of carbonyl (C=O) groups is 1. The number of amides is 1. The fourth-order valence-corrected chi connectivity index (χ4v) is 3.02. The number of nitrogens with zero attached hydrogens (tertiary/aromatic N) is 2. The van der Waals surface area contributed by atoms with Crippen molar-refractivity contribution in [1.29, 1.82) is 0 Å². The van der Waals surface area contributed by atoms with Crippen LogP contribution in [0.2, 0.25) is 0 Å². The standard InChI is InChI=1S/C19H17BrFN3O2/c1-12-9-13(2)24(23-12)17-6-4-3-5-16(17)22-19(25)11-26-18-8-7-14(21)10-15(18)20/h3-10H,11H2,1-2H3,(H,22,25). The fourth-order valence-electron chi connectivity index (χ4n) is 2.56. The highest BCUT2D eigenvalue weighted by molar-refractivity contribution is 9.10. The van der Waals surface area contributed by atoms with Gasteiger partial charge in [-0.3, -0.25) is 4.79 Å². The van der Waals surface area contributed by atoms with Crippen LogP contribution in [0.25, 0.3) is 5.69 Å². The van der Waals surface area contributed by atoms with E-state index in [-0.39, 0.29) is 18.3 Å². The number of hydrogen-bond acceptors (Lipinski definition) is 3. The van der Waals surface area contributed by atoms with Crippen molar-refractivity contribution < 1.29 is 13.9 Å². The third kappa shape index (κ3) is 4.11. The lowest BCUT2D eigenvalue weighted by molar-refractivity contribution is -0.118. The maximum Gasteiger partial charge on any atom is 0.262 e. The number of anilines is 1. The molecule has 26 heavy (non-hydrogen) atoms. The summed E-state index contributed by atoms with van der Waals surface area (Å²) in [5, 5.41) is 7.29. The Labute approximate surface area is 158 Å². The molecule has 0 aliphatic carbocycles. The van der Waals surface area contributed by atoms with E-state index >= 15 is 0 Å². The second-order valence-electron chi connectivity index (χ2n) is 5.77. The summed E-state index contributed by atoms with van der Waals surface area (Å²) < 4.78 is 20.8. The Morgan fingerprint density at radius 1 is 1.23 bits per heavy atom. The SMILES string of the molecule is Cc1cc(C)n(-c2ccccc2NC(=O)COc2ccc(F)cc2Br)n1. The van der Waals surface area contributed by atoms with Crippen molar-refractivity contribution in [2.24, 2.45) is 0 Å². The summed E-state index contributed by atoms with van der Waals surface area (Å²) in [4.78, 5) is 12.3. The number of nitrogens with one attached hydrogen (secondary N) is 1. The minimum absolute atomic E-state index is 0.199. The van der Waals surface area contributed by atoms with Gasteiger partial charge in [0.1, 0.15) is 11.6 Å². The second kappa shape index (κ2) is 7.70. The van der Waals surface area contributed by atoms with Gasteiger partial charge in [0.2, 0.25) is 0 Å². The summed E-state index contributed by atoms with van der Waals surface area (Å²) >= 11 is 3.21.